The number of hydrogen-bond acceptors (Lipinski definition) is 2. The fraction of sp³-hybridized carbons (Fsp3) is 0.929. The normalized spacial score (nSPS) is 34.5. The molecule has 2 fully saturated rings. The molecule has 3 atom stereocenters. The second kappa shape index (κ2) is 5.38. The first-order chi connectivity index (χ1) is 8.08. The van der Waals surface area contributed by atoms with Crippen LogP contribution in [-0.4, -0.2) is 36.0 Å². The van der Waals surface area contributed by atoms with Crippen molar-refractivity contribution in [2.45, 2.75) is 58.5 Å². The van der Waals surface area contributed by atoms with Crippen LogP contribution in [0.15, 0.2) is 0 Å². The molecule has 17 heavy (non-hydrogen) atoms. The molecule has 0 aromatic rings. The van der Waals surface area contributed by atoms with Crippen molar-refractivity contribution < 1.29 is 4.79 Å². The highest BCUT2D eigenvalue weighted by atomic mass is 16.1. The average Bonchev–Trinajstić information content (AvgIpc) is 2.27. The number of carbonyl (C=O) groups is 1. The van der Waals surface area contributed by atoms with Crippen molar-refractivity contribution in [2.75, 3.05) is 13.1 Å². The second-order valence-electron chi connectivity index (χ2n) is 6.12. The van der Waals surface area contributed by atoms with Crippen LogP contribution in [0.2, 0.25) is 0 Å². The van der Waals surface area contributed by atoms with Gasteiger partial charge in [0.25, 0.3) is 0 Å². The third-order valence-electron chi connectivity index (χ3n) is 4.37. The molecule has 1 amide bonds. The van der Waals surface area contributed by atoms with Gasteiger partial charge in [0.1, 0.15) is 0 Å². The Morgan fingerprint density at radius 1 is 1.29 bits per heavy atom. The van der Waals surface area contributed by atoms with E-state index in [1.165, 1.54) is 25.8 Å². The lowest BCUT2D eigenvalue weighted by Gasteiger charge is -2.46. The van der Waals surface area contributed by atoms with Gasteiger partial charge in [-0.25, -0.2) is 0 Å². The average molecular weight is 238 g/mol. The van der Waals surface area contributed by atoms with Gasteiger partial charge in [-0.05, 0) is 38.1 Å². The molecular weight excluding hydrogens is 212 g/mol. The maximum atomic E-state index is 11.7. The highest BCUT2D eigenvalue weighted by Crippen LogP contribution is 2.33. The Labute approximate surface area is 105 Å². The van der Waals surface area contributed by atoms with Crippen LogP contribution in [0.1, 0.15) is 46.5 Å². The van der Waals surface area contributed by atoms with Gasteiger partial charge >= 0.3 is 0 Å². The number of rotatable bonds is 3. The van der Waals surface area contributed by atoms with E-state index in [0.717, 1.165) is 24.9 Å². The Balaban J connectivity index is 1.82. The van der Waals surface area contributed by atoms with Gasteiger partial charge in [0.2, 0.25) is 5.91 Å². The molecule has 0 spiro atoms. The first-order valence-corrected chi connectivity index (χ1v) is 7.12. The summed E-state index contributed by atoms with van der Waals surface area (Å²) in [6.45, 7) is 8.56. The van der Waals surface area contributed by atoms with Crippen LogP contribution < -0.4 is 5.32 Å². The minimum atomic E-state index is 0.105. The third-order valence-corrected chi connectivity index (χ3v) is 4.37. The molecule has 3 unspecified atom stereocenters. The van der Waals surface area contributed by atoms with Crippen LogP contribution in [-0.2, 0) is 4.79 Å². The van der Waals surface area contributed by atoms with Gasteiger partial charge in [-0.3, -0.25) is 9.69 Å². The number of nitrogens with one attached hydrogen (secondary N) is 1. The van der Waals surface area contributed by atoms with E-state index in [4.69, 9.17) is 0 Å². The summed E-state index contributed by atoms with van der Waals surface area (Å²) in [6, 6.07) is 1.17. The summed E-state index contributed by atoms with van der Waals surface area (Å²) in [5, 5.41) is 3.19. The molecule has 1 saturated heterocycles. The van der Waals surface area contributed by atoms with Gasteiger partial charge < -0.3 is 5.32 Å². The monoisotopic (exact) mass is 238 g/mol. The summed E-state index contributed by atoms with van der Waals surface area (Å²) in [5.74, 6) is 1.17. The number of amides is 1. The van der Waals surface area contributed by atoms with E-state index in [1.54, 1.807) is 0 Å². The first kappa shape index (κ1) is 12.9. The van der Waals surface area contributed by atoms with Crippen LogP contribution in [0.4, 0.5) is 0 Å². The van der Waals surface area contributed by atoms with Crippen molar-refractivity contribution >= 4 is 5.91 Å². The number of piperidine rings is 1. The molecule has 3 heteroatoms. The van der Waals surface area contributed by atoms with Gasteiger partial charge in [0, 0.05) is 24.5 Å². The standard InChI is InChI=1S/C14H26N2O/c1-10(2)14(17)15-12-5-4-8-16(9-12)13-7-6-11(13)3/h10-13H,4-9H2,1-3H3,(H,15,17). The Morgan fingerprint density at radius 3 is 2.59 bits per heavy atom. The van der Waals surface area contributed by atoms with E-state index in [-0.39, 0.29) is 11.8 Å². The molecule has 1 N–H and O–H groups in total. The summed E-state index contributed by atoms with van der Waals surface area (Å²) in [5.41, 5.74) is 0. The summed E-state index contributed by atoms with van der Waals surface area (Å²) in [4.78, 5) is 14.3. The van der Waals surface area contributed by atoms with Gasteiger partial charge in [0.05, 0.1) is 0 Å². The zero-order valence-electron chi connectivity index (χ0n) is 11.4. The summed E-state index contributed by atoms with van der Waals surface area (Å²) in [6.07, 6.45) is 5.11. The Kier molecular flexibility index (Phi) is 4.08. The zero-order chi connectivity index (χ0) is 12.4. The van der Waals surface area contributed by atoms with Crippen molar-refractivity contribution in [3.8, 4) is 0 Å². The maximum Gasteiger partial charge on any atom is 0.222 e. The lowest BCUT2D eigenvalue weighted by molar-refractivity contribution is -0.125. The molecule has 2 aliphatic rings. The van der Waals surface area contributed by atoms with Crippen molar-refractivity contribution in [1.82, 2.24) is 10.2 Å². The SMILES string of the molecule is CC(C)C(=O)NC1CCCN(C2CCC2C)C1. The van der Waals surface area contributed by atoms with E-state index >= 15 is 0 Å². The number of carbonyl (C=O) groups excluding carboxylic acids is 1. The molecule has 1 saturated carbocycles. The molecule has 1 aliphatic heterocycles. The van der Waals surface area contributed by atoms with Crippen molar-refractivity contribution in [3.05, 3.63) is 0 Å². The minimum absolute atomic E-state index is 0.105. The zero-order valence-corrected chi connectivity index (χ0v) is 11.4. The fourth-order valence-corrected chi connectivity index (χ4v) is 2.98. The maximum absolute atomic E-state index is 11.7. The highest BCUT2D eigenvalue weighted by molar-refractivity contribution is 5.78. The van der Waals surface area contributed by atoms with Crippen molar-refractivity contribution in [2.24, 2.45) is 11.8 Å². The van der Waals surface area contributed by atoms with E-state index in [0.29, 0.717) is 6.04 Å². The topological polar surface area (TPSA) is 32.3 Å². The van der Waals surface area contributed by atoms with Gasteiger partial charge in [-0.15, -0.1) is 0 Å². The predicted octanol–water partition coefficient (Wildman–Crippen LogP) is 2.02. The summed E-state index contributed by atoms with van der Waals surface area (Å²) >= 11 is 0. The predicted molar refractivity (Wildman–Crippen MR) is 69.8 cm³/mol. The van der Waals surface area contributed by atoms with E-state index in [9.17, 15) is 4.79 Å². The molecule has 3 nitrogen and oxygen atoms in total. The lowest BCUT2D eigenvalue weighted by Crippen LogP contribution is -2.55. The van der Waals surface area contributed by atoms with E-state index in [1.807, 2.05) is 13.8 Å². The van der Waals surface area contributed by atoms with Crippen molar-refractivity contribution in [1.29, 1.82) is 0 Å². The molecule has 98 valence electrons. The molecule has 1 aliphatic carbocycles. The van der Waals surface area contributed by atoms with Crippen molar-refractivity contribution in [3.63, 3.8) is 0 Å². The lowest BCUT2D eigenvalue weighted by atomic mass is 9.79. The Bertz CT molecular complexity index is 277. The first-order valence-electron chi connectivity index (χ1n) is 7.12. The molecule has 2 rings (SSSR count). The van der Waals surface area contributed by atoms with Gasteiger partial charge in [0.15, 0.2) is 0 Å². The number of likely N-dealkylation sites (tertiary alicyclic amines) is 1. The van der Waals surface area contributed by atoms with Gasteiger partial charge in [-0.2, -0.15) is 0 Å². The van der Waals surface area contributed by atoms with Gasteiger partial charge in [-0.1, -0.05) is 20.8 Å². The Hall–Kier alpha value is -0.570. The van der Waals surface area contributed by atoms with Crippen LogP contribution in [0, 0.1) is 11.8 Å². The summed E-state index contributed by atoms with van der Waals surface area (Å²) in [7, 11) is 0. The molecule has 1 heterocycles. The largest absolute Gasteiger partial charge is 0.352 e. The minimum Gasteiger partial charge on any atom is -0.352 e. The fourth-order valence-electron chi connectivity index (χ4n) is 2.98. The van der Waals surface area contributed by atoms with E-state index < -0.39 is 0 Å². The smallest absolute Gasteiger partial charge is 0.222 e. The molecule has 0 bridgehead atoms. The summed E-state index contributed by atoms with van der Waals surface area (Å²) < 4.78 is 0. The third kappa shape index (κ3) is 3.01. The van der Waals surface area contributed by atoms with Crippen LogP contribution in [0.5, 0.6) is 0 Å². The number of nitrogens with zero attached hydrogens (tertiary/aromatic N) is 1. The number of hydrogen-bond donors (Lipinski definition) is 1. The van der Waals surface area contributed by atoms with E-state index in [2.05, 4.69) is 17.1 Å². The molecule has 0 radical (unpaired) electrons. The molecule has 0 aromatic carbocycles. The molecule has 0 aromatic heterocycles. The Morgan fingerprint density at radius 2 is 2.06 bits per heavy atom. The quantitative estimate of drug-likeness (QED) is 0.816. The highest BCUT2D eigenvalue weighted by Gasteiger charge is 2.35. The van der Waals surface area contributed by atoms with Crippen LogP contribution >= 0.6 is 0 Å². The molecular formula is C14H26N2O. The van der Waals surface area contributed by atoms with Crippen LogP contribution in [0.25, 0.3) is 0 Å². The second-order valence-corrected chi connectivity index (χ2v) is 6.12. The van der Waals surface area contributed by atoms with Crippen LogP contribution in [0.3, 0.4) is 0 Å².